The summed E-state index contributed by atoms with van der Waals surface area (Å²) >= 11 is 0. The van der Waals surface area contributed by atoms with E-state index in [4.69, 9.17) is 10.5 Å². The summed E-state index contributed by atoms with van der Waals surface area (Å²) in [7, 11) is 0. The molecule has 0 saturated carbocycles. The van der Waals surface area contributed by atoms with Gasteiger partial charge in [-0.15, -0.1) is 0 Å². The van der Waals surface area contributed by atoms with E-state index in [2.05, 4.69) is 77.8 Å². The van der Waals surface area contributed by atoms with Gasteiger partial charge in [0.1, 0.15) is 0 Å². The number of unbranched alkanes of at least 4 members (excludes halogenated alkanes) is 14. The summed E-state index contributed by atoms with van der Waals surface area (Å²) < 4.78 is 5.33. The molecule has 0 saturated heterocycles. The number of carbonyl (C=O) groups is 2. The molecule has 280 valence electrons. The first-order chi connectivity index (χ1) is 22.6. The second-order valence-corrected chi connectivity index (χ2v) is 14.4. The van der Waals surface area contributed by atoms with Crippen molar-refractivity contribution in [1.82, 2.24) is 10.2 Å². The summed E-state index contributed by atoms with van der Waals surface area (Å²) in [6.45, 7) is 19.6. The number of rotatable bonds is 32. The Morgan fingerprint density at radius 2 is 1.15 bits per heavy atom. The maximum atomic E-state index is 11.9. The van der Waals surface area contributed by atoms with Crippen LogP contribution in [0.4, 0.5) is 0 Å². The number of nitrogens with two attached hydrogens (primary N) is 1. The molecule has 6 heteroatoms. The van der Waals surface area contributed by atoms with Gasteiger partial charge < -0.3 is 15.8 Å². The summed E-state index contributed by atoms with van der Waals surface area (Å²) in [4.78, 5) is 26.0. The third-order valence-corrected chi connectivity index (χ3v) is 9.09. The van der Waals surface area contributed by atoms with E-state index in [1.807, 2.05) is 0 Å². The molecule has 2 unspecified atom stereocenters. The molecule has 0 heterocycles. The van der Waals surface area contributed by atoms with E-state index < -0.39 is 0 Å². The van der Waals surface area contributed by atoms with E-state index in [-0.39, 0.29) is 17.9 Å². The van der Waals surface area contributed by atoms with Crippen LogP contribution in [0, 0.1) is 5.92 Å². The van der Waals surface area contributed by atoms with Gasteiger partial charge in [-0.05, 0) is 78.6 Å². The molecular weight excluding hydrogens is 582 g/mol. The van der Waals surface area contributed by atoms with Crippen molar-refractivity contribution in [2.45, 2.75) is 215 Å². The fourth-order valence-electron chi connectivity index (χ4n) is 5.94. The van der Waals surface area contributed by atoms with E-state index in [0.29, 0.717) is 50.4 Å². The highest BCUT2D eigenvalue weighted by Gasteiger charge is 2.17. The van der Waals surface area contributed by atoms with Crippen LogP contribution in [0.15, 0.2) is 12.2 Å². The molecule has 0 rings (SSSR count). The zero-order valence-corrected chi connectivity index (χ0v) is 32.9. The van der Waals surface area contributed by atoms with Gasteiger partial charge in [0.2, 0.25) is 5.91 Å². The standard InChI is InChI=1S/C23H47N3O3.C18H36/c1-7-8-9-11-20(6)13-14-22(27)29-17-10-12-21(23(24)28)25-15-16-26(18(2)3)19(4)5;1-3-5-7-9-11-13-15-17-18-16-14-12-10-8-6-4-2/h18-21,25H,7-17H2,1-6H3,(H2,24,28);17-18H,3-16H2,1-2H3/b;18-17-. The highest BCUT2D eigenvalue weighted by molar-refractivity contribution is 5.79. The predicted octanol–water partition coefficient (Wildman–Crippen LogP) is 10.9. The van der Waals surface area contributed by atoms with Gasteiger partial charge in [0.05, 0.1) is 12.6 Å². The zero-order chi connectivity index (χ0) is 35.5. The Balaban J connectivity index is 0. The average molecular weight is 666 g/mol. The summed E-state index contributed by atoms with van der Waals surface area (Å²) in [5.74, 6) is 0.0760. The molecule has 0 aromatic rings. The lowest BCUT2D eigenvalue weighted by atomic mass is 9.98. The minimum Gasteiger partial charge on any atom is -0.466 e. The molecule has 0 fully saturated rings. The molecule has 0 spiro atoms. The van der Waals surface area contributed by atoms with Gasteiger partial charge >= 0.3 is 5.97 Å². The second-order valence-electron chi connectivity index (χ2n) is 14.4. The summed E-state index contributed by atoms with van der Waals surface area (Å²) in [5.41, 5.74) is 5.52. The van der Waals surface area contributed by atoms with Gasteiger partial charge in [0.25, 0.3) is 0 Å². The van der Waals surface area contributed by atoms with Crippen LogP contribution in [0.1, 0.15) is 197 Å². The Kier molecular flexibility index (Phi) is 36.4. The Labute approximate surface area is 294 Å². The number of hydrogen-bond acceptors (Lipinski definition) is 5. The smallest absolute Gasteiger partial charge is 0.305 e. The number of amides is 1. The monoisotopic (exact) mass is 666 g/mol. The Morgan fingerprint density at radius 3 is 1.64 bits per heavy atom. The molecule has 0 bridgehead atoms. The molecule has 0 aliphatic heterocycles. The molecule has 0 aliphatic carbocycles. The summed E-state index contributed by atoms with van der Waals surface area (Å²) in [5, 5.41) is 3.26. The first-order valence-corrected chi connectivity index (χ1v) is 20.2. The van der Waals surface area contributed by atoms with Crippen molar-refractivity contribution < 1.29 is 14.3 Å². The van der Waals surface area contributed by atoms with Crippen LogP contribution in [0.2, 0.25) is 0 Å². The minimum atomic E-state index is -0.381. The van der Waals surface area contributed by atoms with Crippen molar-refractivity contribution in [3.63, 3.8) is 0 Å². The van der Waals surface area contributed by atoms with Crippen LogP contribution in [-0.2, 0) is 14.3 Å². The van der Waals surface area contributed by atoms with E-state index in [0.717, 1.165) is 13.0 Å². The zero-order valence-electron chi connectivity index (χ0n) is 32.9. The molecule has 0 aromatic heterocycles. The second kappa shape index (κ2) is 35.9. The van der Waals surface area contributed by atoms with E-state index in [9.17, 15) is 9.59 Å². The largest absolute Gasteiger partial charge is 0.466 e. The number of hydrogen-bond donors (Lipinski definition) is 2. The molecule has 47 heavy (non-hydrogen) atoms. The molecule has 0 radical (unpaired) electrons. The lowest BCUT2D eigenvalue weighted by Gasteiger charge is -2.31. The van der Waals surface area contributed by atoms with Crippen LogP contribution in [0.3, 0.4) is 0 Å². The summed E-state index contributed by atoms with van der Waals surface area (Å²) in [6.07, 6.45) is 31.9. The topological polar surface area (TPSA) is 84.7 Å². The fourth-order valence-corrected chi connectivity index (χ4v) is 5.94. The molecular formula is C41H83N3O3. The van der Waals surface area contributed by atoms with Crippen molar-refractivity contribution >= 4 is 11.9 Å². The van der Waals surface area contributed by atoms with Gasteiger partial charge in [-0.25, -0.2) is 0 Å². The maximum Gasteiger partial charge on any atom is 0.305 e. The summed E-state index contributed by atoms with van der Waals surface area (Å²) in [6, 6.07) is 0.531. The fraction of sp³-hybridized carbons (Fsp3) is 0.902. The Hall–Kier alpha value is -1.40. The molecule has 2 atom stereocenters. The number of esters is 1. The third kappa shape index (κ3) is 34.3. The average Bonchev–Trinajstić information content (AvgIpc) is 3.03. The van der Waals surface area contributed by atoms with Gasteiger partial charge in [-0.3, -0.25) is 14.5 Å². The van der Waals surface area contributed by atoms with Gasteiger partial charge in [0, 0.05) is 31.6 Å². The van der Waals surface area contributed by atoms with E-state index >= 15 is 0 Å². The number of nitrogens with one attached hydrogen (secondary N) is 1. The Morgan fingerprint density at radius 1 is 0.660 bits per heavy atom. The van der Waals surface area contributed by atoms with E-state index in [1.165, 1.54) is 116 Å². The quantitative estimate of drug-likeness (QED) is 0.0424. The molecule has 0 aromatic carbocycles. The van der Waals surface area contributed by atoms with Crippen molar-refractivity contribution in [2.75, 3.05) is 19.7 Å². The third-order valence-electron chi connectivity index (χ3n) is 9.09. The van der Waals surface area contributed by atoms with Crippen LogP contribution >= 0.6 is 0 Å². The number of nitrogens with zero attached hydrogens (tertiary/aromatic N) is 1. The molecule has 3 N–H and O–H groups in total. The van der Waals surface area contributed by atoms with Crippen LogP contribution in [0.5, 0.6) is 0 Å². The van der Waals surface area contributed by atoms with Crippen LogP contribution in [-0.4, -0.2) is 54.6 Å². The predicted molar refractivity (Wildman–Crippen MR) is 206 cm³/mol. The number of primary amides is 1. The van der Waals surface area contributed by atoms with E-state index in [1.54, 1.807) is 0 Å². The van der Waals surface area contributed by atoms with Crippen molar-refractivity contribution in [2.24, 2.45) is 11.7 Å². The minimum absolute atomic E-state index is 0.138. The van der Waals surface area contributed by atoms with Gasteiger partial charge in [0.15, 0.2) is 0 Å². The molecule has 0 aliphatic rings. The SMILES string of the molecule is CCCCCC(C)CCC(=O)OCCCC(NCCN(C(C)C)C(C)C)C(N)=O.CCCCCCCC/C=C\CCCCCCCC. The maximum absolute atomic E-state index is 11.9. The highest BCUT2D eigenvalue weighted by atomic mass is 16.5. The molecule has 1 amide bonds. The van der Waals surface area contributed by atoms with Crippen molar-refractivity contribution in [3.05, 3.63) is 12.2 Å². The van der Waals surface area contributed by atoms with Crippen molar-refractivity contribution in [1.29, 1.82) is 0 Å². The number of allylic oxidation sites excluding steroid dienone is 2. The lowest BCUT2D eigenvalue weighted by molar-refractivity contribution is -0.144. The number of carbonyl (C=O) groups excluding carboxylic acids is 2. The number of ether oxygens (including phenoxy) is 1. The molecule has 6 nitrogen and oxygen atoms in total. The first-order valence-electron chi connectivity index (χ1n) is 20.2. The highest BCUT2D eigenvalue weighted by Crippen LogP contribution is 2.15. The lowest BCUT2D eigenvalue weighted by Crippen LogP contribution is -2.47. The van der Waals surface area contributed by atoms with Crippen LogP contribution < -0.4 is 11.1 Å². The van der Waals surface area contributed by atoms with Gasteiger partial charge in [-0.2, -0.15) is 0 Å². The normalized spacial score (nSPS) is 12.9. The van der Waals surface area contributed by atoms with Crippen molar-refractivity contribution in [3.8, 4) is 0 Å². The Bertz CT molecular complexity index is 684. The van der Waals surface area contributed by atoms with Crippen LogP contribution in [0.25, 0.3) is 0 Å². The first kappa shape index (κ1) is 47.7. The van der Waals surface area contributed by atoms with Gasteiger partial charge in [-0.1, -0.05) is 130 Å².